The van der Waals surface area contributed by atoms with Crippen LogP contribution in [0, 0.1) is 0 Å². The number of nitrogens with zero attached hydrogens (tertiary/aromatic N) is 4. The zero-order chi connectivity index (χ0) is 18.1. The normalized spacial score (nSPS) is 15.7. The maximum atomic E-state index is 12.8. The van der Waals surface area contributed by atoms with E-state index in [0.717, 1.165) is 23.7 Å². The molecule has 1 amide bonds. The van der Waals surface area contributed by atoms with Crippen LogP contribution in [0.15, 0.2) is 40.8 Å². The molecule has 134 valence electrons. The van der Waals surface area contributed by atoms with Crippen molar-refractivity contribution >= 4 is 16.8 Å². The van der Waals surface area contributed by atoms with Gasteiger partial charge in [-0.05, 0) is 25.0 Å². The van der Waals surface area contributed by atoms with Crippen molar-refractivity contribution in [2.24, 2.45) is 0 Å². The minimum absolute atomic E-state index is 0.0115. The lowest BCUT2D eigenvalue weighted by atomic mass is 9.96. The highest BCUT2D eigenvalue weighted by Crippen LogP contribution is 2.29. The fourth-order valence-corrected chi connectivity index (χ4v) is 3.32. The van der Waals surface area contributed by atoms with E-state index >= 15 is 0 Å². The number of fused-ring (bicyclic) bond motifs is 1. The number of pyridine rings is 1. The lowest BCUT2D eigenvalue weighted by Gasteiger charge is -2.30. The first-order valence-electron chi connectivity index (χ1n) is 9.10. The van der Waals surface area contributed by atoms with E-state index in [1.807, 2.05) is 55.1 Å². The molecule has 4 rings (SSSR count). The molecule has 1 saturated heterocycles. The number of amides is 1. The van der Waals surface area contributed by atoms with Crippen molar-refractivity contribution in [2.75, 3.05) is 13.1 Å². The third-order valence-corrected chi connectivity index (χ3v) is 4.90. The van der Waals surface area contributed by atoms with Crippen LogP contribution in [0.5, 0.6) is 0 Å². The van der Waals surface area contributed by atoms with Gasteiger partial charge in [-0.1, -0.05) is 38.1 Å². The van der Waals surface area contributed by atoms with Crippen LogP contribution in [-0.2, 0) is 0 Å². The van der Waals surface area contributed by atoms with Crippen molar-refractivity contribution in [3.05, 3.63) is 53.9 Å². The Labute approximate surface area is 152 Å². The van der Waals surface area contributed by atoms with Crippen molar-refractivity contribution in [2.45, 2.75) is 38.5 Å². The van der Waals surface area contributed by atoms with Crippen LogP contribution in [0.4, 0.5) is 0 Å². The number of likely N-dealkylation sites (tertiary alicyclic amines) is 1. The Hall–Kier alpha value is -2.76. The summed E-state index contributed by atoms with van der Waals surface area (Å²) in [5.74, 6) is 1.83. The number of carbonyl (C=O) groups excluding carboxylic acids is 1. The number of aromatic nitrogens is 3. The van der Waals surface area contributed by atoms with Crippen LogP contribution in [0.3, 0.4) is 0 Å². The van der Waals surface area contributed by atoms with Crippen LogP contribution in [0.1, 0.15) is 60.8 Å². The molecule has 1 fully saturated rings. The summed E-state index contributed by atoms with van der Waals surface area (Å²) in [7, 11) is 0. The zero-order valence-electron chi connectivity index (χ0n) is 15.1. The van der Waals surface area contributed by atoms with Gasteiger partial charge < -0.3 is 9.32 Å². The molecule has 1 aromatic carbocycles. The third kappa shape index (κ3) is 3.19. The largest absolute Gasteiger partial charge is 0.425 e. The SMILES string of the molecule is CC(C)c1nnc(C2CCN(C(=O)c3ccc4ccccc4n3)CC2)o1. The second kappa shape index (κ2) is 6.86. The van der Waals surface area contributed by atoms with Gasteiger partial charge in [-0.3, -0.25) is 4.79 Å². The highest BCUT2D eigenvalue weighted by molar-refractivity contribution is 5.95. The van der Waals surface area contributed by atoms with Gasteiger partial charge in [0.1, 0.15) is 5.69 Å². The molecule has 0 radical (unpaired) electrons. The molecule has 0 saturated carbocycles. The van der Waals surface area contributed by atoms with Crippen molar-refractivity contribution < 1.29 is 9.21 Å². The van der Waals surface area contributed by atoms with Crippen LogP contribution < -0.4 is 0 Å². The lowest BCUT2D eigenvalue weighted by Crippen LogP contribution is -2.38. The predicted molar refractivity (Wildman–Crippen MR) is 98.0 cm³/mol. The van der Waals surface area contributed by atoms with Gasteiger partial charge in [0.05, 0.1) is 5.52 Å². The molecule has 0 spiro atoms. The molecule has 3 heterocycles. The molecule has 26 heavy (non-hydrogen) atoms. The first-order valence-corrected chi connectivity index (χ1v) is 9.10. The molecule has 1 aliphatic rings. The number of hydrogen-bond acceptors (Lipinski definition) is 5. The van der Waals surface area contributed by atoms with Gasteiger partial charge in [0.2, 0.25) is 11.8 Å². The van der Waals surface area contributed by atoms with E-state index in [4.69, 9.17) is 4.42 Å². The van der Waals surface area contributed by atoms with Crippen LogP contribution >= 0.6 is 0 Å². The number of benzene rings is 1. The Bertz CT molecular complexity index is 926. The summed E-state index contributed by atoms with van der Waals surface area (Å²) < 4.78 is 5.78. The predicted octanol–water partition coefficient (Wildman–Crippen LogP) is 3.76. The van der Waals surface area contributed by atoms with Gasteiger partial charge in [-0.25, -0.2) is 4.98 Å². The molecule has 0 N–H and O–H groups in total. The van der Waals surface area contributed by atoms with Gasteiger partial charge in [0.25, 0.3) is 5.91 Å². The number of piperidine rings is 1. The Morgan fingerprint density at radius 1 is 1.12 bits per heavy atom. The van der Waals surface area contributed by atoms with Gasteiger partial charge in [0.15, 0.2) is 0 Å². The van der Waals surface area contributed by atoms with E-state index in [2.05, 4.69) is 15.2 Å². The van der Waals surface area contributed by atoms with E-state index in [-0.39, 0.29) is 17.7 Å². The van der Waals surface area contributed by atoms with E-state index in [1.54, 1.807) is 0 Å². The lowest BCUT2D eigenvalue weighted by molar-refractivity contribution is 0.0700. The Kier molecular flexibility index (Phi) is 4.41. The summed E-state index contributed by atoms with van der Waals surface area (Å²) in [6.45, 7) is 5.43. The maximum absolute atomic E-state index is 12.8. The van der Waals surface area contributed by atoms with Crippen LogP contribution in [0.2, 0.25) is 0 Å². The van der Waals surface area contributed by atoms with E-state index in [9.17, 15) is 4.79 Å². The minimum Gasteiger partial charge on any atom is -0.425 e. The highest BCUT2D eigenvalue weighted by Gasteiger charge is 2.28. The molecular weight excluding hydrogens is 328 g/mol. The van der Waals surface area contributed by atoms with Crippen molar-refractivity contribution in [3.63, 3.8) is 0 Å². The Balaban J connectivity index is 1.44. The second-order valence-electron chi connectivity index (χ2n) is 7.09. The number of carbonyl (C=O) groups is 1. The minimum atomic E-state index is -0.0115. The summed E-state index contributed by atoms with van der Waals surface area (Å²) in [5, 5.41) is 9.35. The quantitative estimate of drug-likeness (QED) is 0.719. The summed E-state index contributed by atoms with van der Waals surface area (Å²) >= 11 is 0. The van der Waals surface area contributed by atoms with E-state index in [0.29, 0.717) is 30.6 Å². The summed E-state index contributed by atoms with van der Waals surface area (Å²) in [5.41, 5.74) is 1.35. The number of hydrogen-bond donors (Lipinski definition) is 0. The van der Waals surface area contributed by atoms with Crippen molar-refractivity contribution in [3.8, 4) is 0 Å². The molecule has 0 atom stereocenters. The average Bonchev–Trinajstić information content (AvgIpc) is 3.18. The average molecular weight is 350 g/mol. The van der Waals surface area contributed by atoms with Gasteiger partial charge in [-0.15, -0.1) is 10.2 Å². The molecule has 6 heteroatoms. The van der Waals surface area contributed by atoms with Crippen LogP contribution in [-0.4, -0.2) is 39.1 Å². The molecule has 2 aromatic heterocycles. The van der Waals surface area contributed by atoms with Gasteiger partial charge >= 0.3 is 0 Å². The zero-order valence-corrected chi connectivity index (χ0v) is 15.1. The number of rotatable bonds is 3. The second-order valence-corrected chi connectivity index (χ2v) is 7.09. The molecule has 1 aliphatic heterocycles. The number of para-hydroxylation sites is 1. The fraction of sp³-hybridized carbons (Fsp3) is 0.400. The molecule has 6 nitrogen and oxygen atoms in total. The van der Waals surface area contributed by atoms with Gasteiger partial charge in [0, 0.05) is 30.3 Å². The van der Waals surface area contributed by atoms with Gasteiger partial charge in [-0.2, -0.15) is 0 Å². The smallest absolute Gasteiger partial charge is 0.272 e. The summed E-state index contributed by atoms with van der Waals surface area (Å²) in [4.78, 5) is 19.2. The molecule has 0 aliphatic carbocycles. The molecule has 0 bridgehead atoms. The molecular formula is C20H22N4O2. The third-order valence-electron chi connectivity index (χ3n) is 4.90. The Morgan fingerprint density at radius 2 is 1.88 bits per heavy atom. The summed E-state index contributed by atoms with van der Waals surface area (Å²) in [6.07, 6.45) is 1.66. The Morgan fingerprint density at radius 3 is 2.62 bits per heavy atom. The summed E-state index contributed by atoms with van der Waals surface area (Å²) in [6, 6.07) is 11.6. The molecule has 0 unspecified atom stereocenters. The van der Waals surface area contributed by atoms with Crippen molar-refractivity contribution in [1.29, 1.82) is 0 Å². The van der Waals surface area contributed by atoms with E-state index in [1.165, 1.54) is 0 Å². The highest BCUT2D eigenvalue weighted by atomic mass is 16.4. The monoisotopic (exact) mass is 350 g/mol. The van der Waals surface area contributed by atoms with E-state index < -0.39 is 0 Å². The topological polar surface area (TPSA) is 72.1 Å². The first-order chi connectivity index (χ1) is 12.6. The first kappa shape index (κ1) is 16.7. The maximum Gasteiger partial charge on any atom is 0.272 e. The molecule has 3 aromatic rings. The van der Waals surface area contributed by atoms with Crippen LogP contribution in [0.25, 0.3) is 10.9 Å². The van der Waals surface area contributed by atoms with Crippen molar-refractivity contribution in [1.82, 2.24) is 20.1 Å². The fourth-order valence-electron chi connectivity index (χ4n) is 3.32. The standard InChI is InChI=1S/C20H22N4O2/c1-13(2)18-22-23-19(26-18)15-9-11-24(12-10-15)20(25)17-8-7-14-5-3-4-6-16(14)21-17/h3-8,13,15H,9-12H2,1-2H3.